The first-order valence-corrected chi connectivity index (χ1v) is 15.8. The number of nitrogens with zero attached hydrogens (tertiary/aromatic N) is 4. The molecular weight excluding hydrogens is 576 g/mol. The van der Waals surface area contributed by atoms with E-state index >= 15 is 0 Å². The molecule has 226 valence electrons. The Morgan fingerprint density at radius 3 is 2.02 bits per heavy atom. The standard InChI is InChI=1S/C42H32N4O/c1-42(2)34-22-9-6-20-32(34)40-38(42)39(44-41(45-40)33-21-8-11-24-36(33)47)29-17-14-18-30(27-29)46(37-25-12-13-26-43-37)35-23-10-7-19-31(35)28-15-4-3-5-16-28/h3-27,47H,1-2H3. The predicted molar refractivity (Wildman–Crippen MR) is 190 cm³/mol. The summed E-state index contributed by atoms with van der Waals surface area (Å²) in [4.78, 5) is 17.4. The Balaban J connectivity index is 1.37. The van der Waals surface area contributed by atoms with Crippen molar-refractivity contribution in [2.75, 3.05) is 4.90 Å². The van der Waals surface area contributed by atoms with Gasteiger partial charge in [-0.3, -0.25) is 4.90 Å². The molecule has 7 aromatic rings. The maximum Gasteiger partial charge on any atom is 0.164 e. The molecule has 0 unspecified atom stereocenters. The number of fused-ring (bicyclic) bond motifs is 3. The molecule has 47 heavy (non-hydrogen) atoms. The Hall–Kier alpha value is -6.07. The minimum absolute atomic E-state index is 0.150. The van der Waals surface area contributed by atoms with Gasteiger partial charge in [0.15, 0.2) is 5.82 Å². The van der Waals surface area contributed by atoms with Crippen LogP contribution in [0.2, 0.25) is 0 Å². The lowest BCUT2D eigenvalue weighted by molar-refractivity contribution is 0.477. The van der Waals surface area contributed by atoms with Crippen LogP contribution in [0.4, 0.5) is 17.2 Å². The van der Waals surface area contributed by atoms with Crippen LogP contribution in [0.25, 0.3) is 45.0 Å². The average molecular weight is 609 g/mol. The summed E-state index contributed by atoms with van der Waals surface area (Å²) in [5.41, 5.74) is 10.5. The third-order valence-corrected chi connectivity index (χ3v) is 9.02. The van der Waals surface area contributed by atoms with E-state index in [0.29, 0.717) is 11.4 Å². The van der Waals surface area contributed by atoms with Gasteiger partial charge in [-0.25, -0.2) is 15.0 Å². The van der Waals surface area contributed by atoms with Gasteiger partial charge >= 0.3 is 0 Å². The number of aromatic nitrogens is 3. The largest absolute Gasteiger partial charge is 0.507 e. The molecule has 8 rings (SSSR count). The lowest BCUT2D eigenvalue weighted by atomic mass is 9.80. The highest BCUT2D eigenvalue weighted by atomic mass is 16.3. The summed E-state index contributed by atoms with van der Waals surface area (Å²) in [5, 5.41) is 10.9. The normalized spacial score (nSPS) is 12.7. The van der Waals surface area contributed by atoms with Crippen LogP contribution in [0.3, 0.4) is 0 Å². The molecule has 0 amide bonds. The maximum absolute atomic E-state index is 10.9. The van der Waals surface area contributed by atoms with Gasteiger partial charge in [0.2, 0.25) is 0 Å². The molecule has 0 saturated carbocycles. The summed E-state index contributed by atoms with van der Waals surface area (Å²) in [6, 6.07) is 49.1. The molecule has 5 heteroatoms. The van der Waals surface area contributed by atoms with Gasteiger partial charge in [-0.15, -0.1) is 0 Å². The second-order valence-corrected chi connectivity index (χ2v) is 12.3. The zero-order valence-electron chi connectivity index (χ0n) is 26.2. The van der Waals surface area contributed by atoms with Gasteiger partial charge in [-0.05, 0) is 53.6 Å². The predicted octanol–water partition coefficient (Wildman–Crippen LogP) is 10.4. The van der Waals surface area contributed by atoms with E-state index in [4.69, 9.17) is 15.0 Å². The van der Waals surface area contributed by atoms with Crippen LogP contribution in [0.5, 0.6) is 5.75 Å². The minimum Gasteiger partial charge on any atom is -0.507 e. The van der Waals surface area contributed by atoms with Gasteiger partial charge in [-0.2, -0.15) is 0 Å². The summed E-state index contributed by atoms with van der Waals surface area (Å²) in [5.74, 6) is 1.45. The summed E-state index contributed by atoms with van der Waals surface area (Å²) < 4.78 is 0. The van der Waals surface area contributed by atoms with Gasteiger partial charge in [0.25, 0.3) is 0 Å². The number of rotatable bonds is 6. The molecule has 5 aromatic carbocycles. The number of para-hydroxylation sites is 2. The van der Waals surface area contributed by atoms with Crippen molar-refractivity contribution in [2.24, 2.45) is 0 Å². The van der Waals surface area contributed by atoms with Crippen LogP contribution in [0, 0.1) is 0 Å². The summed E-state index contributed by atoms with van der Waals surface area (Å²) in [7, 11) is 0. The van der Waals surface area contributed by atoms with E-state index in [9.17, 15) is 5.11 Å². The van der Waals surface area contributed by atoms with Crippen molar-refractivity contribution in [1.82, 2.24) is 15.0 Å². The van der Waals surface area contributed by atoms with Gasteiger partial charge < -0.3 is 5.11 Å². The topological polar surface area (TPSA) is 62.1 Å². The van der Waals surface area contributed by atoms with Crippen LogP contribution in [0.1, 0.15) is 25.0 Å². The number of anilines is 3. The zero-order valence-corrected chi connectivity index (χ0v) is 26.2. The van der Waals surface area contributed by atoms with Crippen molar-refractivity contribution in [2.45, 2.75) is 19.3 Å². The van der Waals surface area contributed by atoms with Crippen molar-refractivity contribution in [3.8, 4) is 50.8 Å². The van der Waals surface area contributed by atoms with Crippen LogP contribution in [-0.2, 0) is 5.41 Å². The van der Waals surface area contributed by atoms with E-state index < -0.39 is 0 Å². The highest BCUT2D eigenvalue weighted by Gasteiger charge is 2.40. The highest BCUT2D eigenvalue weighted by molar-refractivity contribution is 5.90. The highest BCUT2D eigenvalue weighted by Crippen LogP contribution is 2.52. The summed E-state index contributed by atoms with van der Waals surface area (Å²) in [6.45, 7) is 4.48. The SMILES string of the molecule is CC1(C)c2ccccc2-c2nc(-c3ccccc3O)nc(-c3cccc(N(c4ccccn4)c4ccccc4-c4ccccc4)c3)c21. The summed E-state index contributed by atoms with van der Waals surface area (Å²) in [6.07, 6.45) is 1.83. The van der Waals surface area contributed by atoms with Crippen molar-refractivity contribution in [3.05, 3.63) is 163 Å². The molecular formula is C42H32N4O. The molecule has 0 radical (unpaired) electrons. The van der Waals surface area contributed by atoms with E-state index in [2.05, 4.69) is 116 Å². The maximum atomic E-state index is 10.9. The van der Waals surface area contributed by atoms with Crippen molar-refractivity contribution >= 4 is 17.2 Å². The molecule has 1 N–H and O–H groups in total. The van der Waals surface area contributed by atoms with Crippen LogP contribution < -0.4 is 4.90 Å². The van der Waals surface area contributed by atoms with Gasteiger partial charge in [-0.1, -0.05) is 117 Å². The van der Waals surface area contributed by atoms with Crippen molar-refractivity contribution in [1.29, 1.82) is 0 Å². The number of hydrogen-bond acceptors (Lipinski definition) is 5. The van der Waals surface area contributed by atoms with Crippen molar-refractivity contribution in [3.63, 3.8) is 0 Å². The number of phenols is 1. The fourth-order valence-electron chi connectivity index (χ4n) is 6.81. The number of aromatic hydroxyl groups is 1. The van der Waals surface area contributed by atoms with E-state index in [0.717, 1.165) is 56.4 Å². The first-order chi connectivity index (χ1) is 23.0. The smallest absolute Gasteiger partial charge is 0.164 e. The minimum atomic E-state index is -0.338. The molecule has 5 nitrogen and oxygen atoms in total. The number of benzene rings is 5. The van der Waals surface area contributed by atoms with Crippen molar-refractivity contribution < 1.29 is 5.11 Å². The fourth-order valence-corrected chi connectivity index (χ4v) is 6.81. The zero-order chi connectivity index (χ0) is 32.0. The molecule has 0 spiro atoms. The number of hydrogen-bond donors (Lipinski definition) is 1. The molecule has 1 aliphatic carbocycles. The average Bonchev–Trinajstić information content (AvgIpc) is 3.35. The van der Waals surface area contributed by atoms with E-state index in [1.165, 1.54) is 5.56 Å². The Labute approximate surface area is 274 Å². The second kappa shape index (κ2) is 11.4. The molecule has 0 saturated heterocycles. The quantitative estimate of drug-likeness (QED) is 0.204. The lowest BCUT2D eigenvalue weighted by Crippen LogP contribution is -2.18. The van der Waals surface area contributed by atoms with Gasteiger partial charge in [0.05, 0.1) is 22.6 Å². The first kappa shape index (κ1) is 28.4. The molecule has 0 aliphatic heterocycles. The summed E-state index contributed by atoms with van der Waals surface area (Å²) >= 11 is 0. The van der Waals surface area contributed by atoms with E-state index in [-0.39, 0.29) is 11.2 Å². The number of pyridine rings is 1. The van der Waals surface area contributed by atoms with E-state index in [1.54, 1.807) is 6.07 Å². The molecule has 1 aliphatic rings. The third-order valence-electron chi connectivity index (χ3n) is 9.02. The Morgan fingerprint density at radius 2 is 1.23 bits per heavy atom. The van der Waals surface area contributed by atoms with Crippen LogP contribution >= 0.6 is 0 Å². The van der Waals surface area contributed by atoms with Crippen LogP contribution in [-0.4, -0.2) is 20.1 Å². The lowest BCUT2D eigenvalue weighted by Gasteiger charge is -2.28. The molecule has 2 aromatic heterocycles. The fraction of sp³-hybridized carbons (Fsp3) is 0.0714. The molecule has 0 fully saturated rings. The molecule has 0 atom stereocenters. The first-order valence-electron chi connectivity index (χ1n) is 15.8. The molecule has 0 bridgehead atoms. The monoisotopic (exact) mass is 608 g/mol. The number of phenolic OH excluding ortho intramolecular Hbond substituents is 1. The Morgan fingerprint density at radius 1 is 0.574 bits per heavy atom. The Kier molecular flexibility index (Phi) is 6.88. The third kappa shape index (κ3) is 4.84. The van der Waals surface area contributed by atoms with Crippen LogP contribution in [0.15, 0.2) is 152 Å². The second-order valence-electron chi connectivity index (χ2n) is 12.3. The Bertz CT molecular complexity index is 2250. The molecule has 2 heterocycles. The van der Waals surface area contributed by atoms with E-state index in [1.807, 2.05) is 48.7 Å². The van der Waals surface area contributed by atoms with Gasteiger partial charge in [0, 0.05) is 39.6 Å². The van der Waals surface area contributed by atoms with Gasteiger partial charge in [0.1, 0.15) is 11.6 Å².